The van der Waals surface area contributed by atoms with Crippen molar-refractivity contribution in [2.45, 2.75) is 24.7 Å². The maximum atomic E-state index is 12.6. The fourth-order valence-electron chi connectivity index (χ4n) is 3.15. The Kier molecular flexibility index (Phi) is 3.16. The minimum absolute atomic E-state index is 0.497. The van der Waals surface area contributed by atoms with Crippen LogP contribution in [0.2, 0.25) is 0 Å². The van der Waals surface area contributed by atoms with Gasteiger partial charge < -0.3 is 10.2 Å². The molecule has 3 heterocycles. The molecule has 0 amide bonds. The SMILES string of the molecule is FC(F)(F)c1ccc(-c2csc(N3CC4CC3CN4)n2)cc1. The van der Waals surface area contributed by atoms with Crippen LogP contribution < -0.4 is 10.2 Å². The second kappa shape index (κ2) is 4.96. The largest absolute Gasteiger partial charge is 0.416 e. The molecular weight excluding hydrogens is 311 g/mol. The molecule has 0 spiro atoms. The summed E-state index contributed by atoms with van der Waals surface area (Å²) < 4.78 is 37.8. The summed E-state index contributed by atoms with van der Waals surface area (Å²) in [7, 11) is 0. The molecule has 0 radical (unpaired) electrons. The summed E-state index contributed by atoms with van der Waals surface area (Å²) in [5.41, 5.74) is 0.831. The molecule has 2 aliphatic heterocycles. The van der Waals surface area contributed by atoms with Gasteiger partial charge in [-0.05, 0) is 18.6 Å². The van der Waals surface area contributed by atoms with Crippen LogP contribution in [0.3, 0.4) is 0 Å². The average Bonchev–Trinajstić information content (AvgIpc) is 3.22. The first-order chi connectivity index (χ1) is 10.5. The van der Waals surface area contributed by atoms with E-state index in [4.69, 9.17) is 0 Å². The first-order valence-electron chi connectivity index (χ1n) is 7.14. The van der Waals surface area contributed by atoms with Crippen LogP contribution in [-0.2, 0) is 6.18 Å². The molecule has 1 aromatic heterocycles. The summed E-state index contributed by atoms with van der Waals surface area (Å²) in [6.45, 7) is 1.95. The lowest BCUT2D eigenvalue weighted by molar-refractivity contribution is -0.137. The van der Waals surface area contributed by atoms with Gasteiger partial charge in [0.05, 0.1) is 11.3 Å². The van der Waals surface area contributed by atoms with Crippen molar-refractivity contribution in [3.8, 4) is 11.3 Å². The number of halogens is 3. The zero-order valence-corrected chi connectivity index (χ0v) is 12.4. The topological polar surface area (TPSA) is 28.2 Å². The van der Waals surface area contributed by atoms with Crippen LogP contribution >= 0.6 is 11.3 Å². The van der Waals surface area contributed by atoms with Gasteiger partial charge in [0.25, 0.3) is 0 Å². The molecule has 3 nitrogen and oxygen atoms in total. The van der Waals surface area contributed by atoms with Gasteiger partial charge in [-0.3, -0.25) is 0 Å². The van der Waals surface area contributed by atoms with Crippen LogP contribution in [0.4, 0.5) is 18.3 Å². The third-order valence-electron chi connectivity index (χ3n) is 4.30. The van der Waals surface area contributed by atoms with Crippen molar-refractivity contribution < 1.29 is 13.2 Å². The number of rotatable bonds is 2. The quantitative estimate of drug-likeness (QED) is 0.917. The second-order valence-electron chi connectivity index (χ2n) is 5.74. The molecule has 116 valence electrons. The van der Waals surface area contributed by atoms with E-state index in [2.05, 4.69) is 15.2 Å². The van der Waals surface area contributed by atoms with E-state index in [1.54, 1.807) is 11.3 Å². The van der Waals surface area contributed by atoms with Crippen molar-refractivity contribution in [3.05, 3.63) is 35.2 Å². The van der Waals surface area contributed by atoms with Crippen LogP contribution in [0.25, 0.3) is 11.3 Å². The standard InChI is InChI=1S/C15H14F3N3S/c16-15(17,18)10-3-1-9(2-4-10)13-8-22-14(20-13)21-7-11-5-12(21)6-19-11/h1-4,8,11-12,19H,5-7H2. The molecule has 1 N–H and O–H groups in total. The number of alkyl halides is 3. The van der Waals surface area contributed by atoms with Gasteiger partial charge in [0, 0.05) is 36.1 Å². The van der Waals surface area contributed by atoms with Gasteiger partial charge in [0.1, 0.15) is 0 Å². The average molecular weight is 325 g/mol. The molecule has 1 aromatic carbocycles. The number of piperazine rings is 1. The Hall–Kier alpha value is -1.60. The number of aromatic nitrogens is 1. The molecule has 0 saturated carbocycles. The third-order valence-corrected chi connectivity index (χ3v) is 5.18. The lowest BCUT2D eigenvalue weighted by atomic mass is 10.1. The predicted octanol–water partition coefficient (Wildman–Crippen LogP) is 3.38. The van der Waals surface area contributed by atoms with E-state index in [9.17, 15) is 13.2 Å². The van der Waals surface area contributed by atoms with Crippen molar-refractivity contribution in [3.63, 3.8) is 0 Å². The van der Waals surface area contributed by atoms with Crippen LogP contribution in [0.15, 0.2) is 29.6 Å². The molecule has 7 heteroatoms. The zero-order valence-electron chi connectivity index (χ0n) is 11.6. The van der Waals surface area contributed by atoms with E-state index in [0.29, 0.717) is 12.1 Å². The van der Waals surface area contributed by atoms with Gasteiger partial charge in [0.15, 0.2) is 5.13 Å². The number of benzene rings is 1. The Balaban J connectivity index is 1.56. The molecule has 4 rings (SSSR count). The molecule has 2 aromatic rings. The summed E-state index contributed by atoms with van der Waals surface area (Å²) in [5, 5.41) is 6.32. The Morgan fingerprint density at radius 3 is 2.59 bits per heavy atom. The van der Waals surface area contributed by atoms with E-state index in [-0.39, 0.29) is 0 Å². The third kappa shape index (κ3) is 2.38. The van der Waals surface area contributed by atoms with Crippen molar-refractivity contribution in [1.82, 2.24) is 10.3 Å². The van der Waals surface area contributed by atoms with Crippen LogP contribution in [0.1, 0.15) is 12.0 Å². The second-order valence-corrected chi connectivity index (χ2v) is 6.57. The summed E-state index contributed by atoms with van der Waals surface area (Å²) in [5.74, 6) is 0. The Bertz CT molecular complexity index is 680. The molecular formula is C15H14F3N3S. The Morgan fingerprint density at radius 1 is 1.23 bits per heavy atom. The number of hydrogen-bond acceptors (Lipinski definition) is 4. The van der Waals surface area contributed by atoms with E-state index >= 15 is 0 Å². The van der Waals surface area contributed by atoms with Crippen molar-refractivity contribution in [2.24, 2.45) is 0 Å². The molecule has 0 aliphatic carbocycles. The fraction of sp³-hybridized carbons (Fsp3) is 0.400. The predicted molar refractivity (Wildman–Crippen MR) is 80.1 cm³/mol. The zero-order chi connectivity index (χ0) is 15.3. The fourth-order valence-corrected chi connectivity index (χ4v) is 4.07. The molecule has 2 atom stereocenters. The van der Waals surface area contributed by atoms with Gasteiger partial charge in [-0.25, -0.2) is 4.98 Å². The van der Waals surface area contributed by atoms with Crippen molar-refractivity contribution >= 4 is 16.5 Å². The number of thiazole rings is 1. The summed E-state index contributed by atoms with van der Waals surface area (Å²) >= 11 is 1.56. The Labute approximate surface area is 129 Å². The number of nitrogens with one attached hydrogen (secondary N) is 1. The van der Waals surface area contributed by atoms with E-state index in [1.807, 2.05) is 5.38 Å². The van der Waals surface area contributed by atoms with Gasteiger partial charge >= 0.3 is 6.18 Å². The first-order valence-corrected chi connectivity index (χ1v) is 8.02. The molecule has 2 aliphatic rings. The summed E-state index contributed by atoms with van der Waals surface area (Å²) in [6, 6.07) is 6.23. The minimum atomic E-state index is -4.30. The maximum Gasteiger partial charge on any atom is 0.416 e. The van der Waals surface area contributed by atoms with Gasteiger partial charge in [-0.15, -0.1) is 11.3 Å². The summed E-state index contributed by atoms with van der Waals surface area (Å²) in [4.78, 5) is 6.91. The molecule has 2 saturated heterocycles. The lowest BCUT2D eigenvalue weighted by Crippen LogP contribution is -2.43. The number of fused-ring (bicyclic) bond motifs is 2. The summed E-state index contributed by atoms with van der Waals surface area (Å²) in [6.07, 6.45) is -3.15. The number of hydrogen-bond donors (Lipinski definition) is 1. The molecule has 22 heavy (non-hydrogen) atoms. The normalized spacial score (nSPS) is 24.2. The van der Waals surface area contributed by atoms with Crippen molar-refractivity contribution in [2.75, 3.05) is 18.0 Å². The smallest absolute Gasteiger partial charge is 0.342 e. The van der Waals surface area contributed by atoms with E-state index in [1.165, 1.54) is 12.1 Å². The van der Waals surface area contributed by atoms with E-state index in [0.717, 1.165) is 48.0 Å². The van der Waals surface area contributed by atoms with Gasteiger partial charge in [-0.2, -0.15) is 13.2 Å². The highest BCUT2D eigenvalue weighted by Crippen LogP contribution is 2.35. The number of anilines is 1. The van der Waals surface area contributed by atoms with Gasteiger partial charge in [-0.1, -0.05) is 12.1 Å². The molecule has 2 bridgehead atoms. The minimum Gasteiger partial charge on any atom is -0.342 e. The van der Waals surface area contributed by atoms with Crippen LogP contribution in [0, 0.1) is 0 Å². The lowest BCUT2D eigenvalue weighted by Gasteiger charge is -2.26. The highest BCUT2D eigenvalue weighted by Gasteiger charge is 2.38. The first kappa shape index (κ1) is 14.0. The van der Waals surface area contributed by atoms with Gasteiger partial charge in [0.2, 0.25) is 0 Å². The maximum absolute atomic E-state index is 12.6. The monoisotopic (exact) mass is 325 g/mol. The van der Waals surface area contributed by atoms with Crippen molar-refractivity contribution in [1.29, 1.82) is 0 Å². The highest BCUT2D eigenvalue weighted by atomic mass is 32.1. The van der Waals surface area contributed by atoms with Crippen LogP contribution in [0.5, 0.6) is 0 Å². The Morgan fingerprint density at radius 2 is 2.00 bits per heavy atom. The number of nitrogens with zero attached hydrogens (tertiary/aromatic N) is 2. The molecule has 2 fully saturated rings. The van der Waals surface area contributed by atoms with E-state index < -0.39 is 11.7 Å². The van der Waals surface area contributed by atoms with Crippen LogP contribution in [-0.4, -0.2) is 30.2 Å². The highest BCUT2D eigenvalue weighted by molar-refractivity contribution is 7.14. The molecule has 2 unspecified atom stereocenters.